The molecular formula is C16H19NO4S. The van der Waals surface area contributed by atoms with Crippen LogP contribution in [0.25, 0.3) is 0 Å². The Bertz CT molecular complexity index is 563. The van der Waals surface area contributed by atoms with E-state index >= 15 is 0 Å². The molecule has 0 aromatic heterocycles. The summed E-state index contributed by atoms with van der Waals surface area (Å²) in [5.41, 5.74) is 2.65. The zero-order chi connectivity index (χ0) is 15.6. The molecule has 22 heavy (non-hydrogen) atoms. The van der Waals surface area contributed by atoms with E-state index in [1.54, 1.807) is 5.55 Å². The van der Waals surface area contributed by atoms with Crippen LogP contribution in [0, 0.1) is 0 Å². The molecule has 1 aromatic carbocycles. The minimum Gasteiger partial charge on any atom is -0.459 e. The van der Waals surface area contributed by atoms with Crippen LogP contribution in [-0.2, 0) is 25.6 Å². The number of carbonyl (C=O) groups is 1. The highest BCUT2D eigenvalue weighted by Gasteiger charge is 2.52. The van der Waals surface area contributed by atoms with E-state index in [1.165, 1.54) is 11.8 Å². The smallest absolute Gasteiger partial charge is 0.332 e. The number of benzene rings is 1. The summed E-state index contributed by atoms with van der Waals surface area (Å²) >= 11 is 1.48. The van der Waals surface area contributed by atoms with Crippen molar-refractivity contribution in [3.05, 3.63) is 35.9 Å². The number of aliphatic imine (C=N–C) groups is 1. The van der Waals surface area contributed by atoms with Crippen molar-refractivity contribution in [3.63, 3.8) is 0 Å². The Morgan fingerprint density at radius 3 is 2.68 bits per heavy atom. The summed E-state index contributed by atoms with van der Waals surface area (Å²) in [4.78, 5) is 16.7. The van der Waals surface area contributed by atoms with Crippen LogP contribution in [0.4, 0.5) is 0 Å². The van der Waals surface area contributed by atoms with Gasteiger partial charge in [0.1, 0.15) is 11.4 Å². The Morgan fingerprint density at radius 2 is 2.00 bits per heavy atom. The molecule has 1 atom stereocenters. The number of hydrogen-bond acceptors (Lipinski definition) is 6. The van der Waals surface area contributed by atoms with Gasteiger partial charge in [-0.2, -0.15) is 0 Å². The summed E-state index contributed by atoms with van der Waals surface area (Å²) < 4.78 is 16.3. The van der Waals surface area contributed by atoms with E-state index in [0.717, 1.165) is 5.56 Å². The monoisotopic (exact) mass is 321 g/mol. The molecule has 2 aliphatic rings. The number of ether oxygens (including phenoxy) is 3. The molecule has 0 saturated carbocycles. The van der Waals surface area contributed by atoms with Gasteiger partial charge in [-0.05, 0) is 19.4 Å². The normalized spacial score (nSPS) is 25.3. The van der Waals surface area contributed by atoms with Gasteiger partial charge >= 0.3 is 5.97 Å². The molecule has 118 valence electrons. The van der Waals surface area contributed by atoms with Crippen LogP contribution >= 0.6 is 11.8 Å². The van der Waals surface area contributed by atoms with Crippen LogP contribution in [0.5, 0.6) is 0 Å². The first kappa shape index (κ1) is 15.5. The predicted molar refractivity (Wildman–Crippen MR) is 84.8 cm³/mol. The van der Waals surface area contributed by atoms with Crippen LogP contribution in [0.3, 0.4) is 0 Å². The lowest BCUT2D eigenvalue weighted by Crippen LogP contribution is -2.56. The van der Waals surface area contributed by atoms with Gasteiger partial charge in [0.05, 0.1) is 18.8 Å². The maximum absolute atomic E-state index is 12.4. The summed E-state index contributed by atoms with van der Waals surface area (Å²) in [5.74, 6) is -0.954. The molecule has 3 rings (SSSR count). The van der Waals surface area contributed by atoms with Crippen molar-refractivity contribution in [2.45, 2.75) is 37.0 Å². The summed E-state index contributed by atoms with van der Waals surface area (Å²) in [6.07, 6.45) is 0. The van der Waals surface area contributed by atoms with E-state index in [-0.39, 0.29) is 12.6 Å². The highest BCUT2D eigenvalue weighted by Crippen LogP contribution is 2.41. The lowest BCUT2D eigenvalue weighted by molar-refractivity contribution is -0.256. The van der Waals surface area contributed by atoms with Gasteiger partial charge in [0.2, 0.25) is 0 Å². The average molecular weight is 321 g/mol. The highest BCUT2D eigenvalue weighted by atomic mass is 32.2. The molecule has 6 heteroatoms. The van der Waals surface area contributed by atoms with Gasteiger partial charge in [0, 0.05) is 0 Å². The SMILES string of the molecule is CC1(C)OCC2(CO1)SC=NC2C(=O)OCc1ccccc1. The summed E-state index contributed by atoms with van der Waals surface area (Å²) in [7, 11) is 0. The largest absolute Gasteiger partial charge is 0.459 e. The van der Waals surface area contributed by atoms with Gasteiger partial charge in [0.15, 0.2) is 11.8 Å². The Balaban J connectivity index is 1.63. The second-order valence-electron chi connectivity index (χ2n) is 5.91. The van der Waals surface area contributed by atoms with Gasteiger partial charge in [-0.25, -0.2) is 4.79 Å². The molecule has 1 fully saturated rings. The number of carbonyl (C=O) groups excluding carboxylic acids is 1. The number of esters is 1. The van der Waals surface area contributed by atoms with Crippen LogP contribution < -0.4 is 0 Å². The van der Waals surface area contributed by atoms with Crippen molar-refractivity contribution in [1.82, 2.24) is 0 Å². The van der Waals surface area contributed by atoms with E-state index in [9.17, 15) is 4.79 Å². The Kier molecular flexibility index (Phi) is 4.25. The summed E-state index contributed by atoms with van der Waals surface area (Å²) in [5, 5.41) is 0. The van der Waals surface area contributed by atoms with Crippen LogP contribution in [0.1, 0.15) is 19.4 Å². The molecule has 0 radical (unpaired) electrons. The fraction of sp³-hybridized carbons (Fsp3) is 0.500. The van der Waals surface area contributed by atoms with E-state index in [2.05, 4.69) is 4.99 Å². The topological polar surface area (TPSA) is 57.1 Å². The molecule has 0 aliphatic carbocycles. The molecular weight excluding hydrogens is 302 g/mol. The van der Waals surface area contributed by atoms with Gasteiger partial charge in [-0.3, -0.25) is 4.99 Å². The number of thioether (sulfide) groups is 1. The second kappa shape index (κ2) is 6.02. The molecule has 0 bridgehead atoms. The maximum atomic E-state index is 12.4. The molecule has 2 aliphatic heterocycles. The first-order valence-electron chi connectivity index (χ1n) is 7.19. The lowest BCUT2D eigenvalue weighted by Gasteiger charge is -2.42. The molecule has 1 spiro atoms. The number of nitrogens with zero attached hydrogens (tertiary/aromatic N) is 1. The van der Waals surface area contributed by atoms with Crippen molar-refractivity contribution in [2.24, 2.45) is 4.99 Å². The molecule has 0 N–H and O–H groups in total. The second-order valence-corrected chi connectivity index (χ2v) is 7.17. The maximum Gasteiger partial charge on any atom is 0.332 e. The highest BCUT2D eigenvalue weighted by molar-refractivity contribution is 8.13. The molecule has 1 aromatic rings. The van der Waals surface area contributed by atoms with Crippen LogP contribution in [-0.4, -0.2) is 41.3 Å². The zero-order valence-corrected chi connectivity index (χ0v) is 13.5. The third-order valence-corrected chi connectivity index (χ3v) is 4.93. The number of rotatable bonds is 3. The van der Waals surface area contributed by atoms with Crippen molar-refractivity contribution in [2.75, 3.05) is 13.2 Å². The molecule has 2 heterocycles. The standard InChI is InChI=1S/C16H19NO4S/c1-15(2)20-9-16(10-21-15)13(17-11-22-16)14(18)19-8-12-6-4-3-5-7-12/h3-7,11,13H,8-10H2,1-2H3. The predicted octanol–water partition coefficient (Wildman–Crippen LogP) is 2.40. The fourth-order valence-corrected chi connectivity index (χ4v) is 3.31. The first-order chi connectivity index (χ1) is 10.5. The third kappa shape index (κ3) is 3.19. The van der Waals surface area contributed by atoms with E-state index < -0.39 is 16.6 Å². The summed E-state index contributed by atoms with van der Waals surface area (Å²) in [6.45, 7) is 4.80. The van der Waals surface area contributed by atoms with Crippen molar-refractivity contribution in [3.8, 4) is 0 Å². The minimum absolute atomic E-state index is 0.250. The number of hydrogen-bond donors (Lipinski definition) is 0. The van der Waals surface area contributed by atoms with Crippen LogP contribution in [0.15, 0.2) is 35.3 Å². The van der Waals surface area contributed by atoms with Crippen molar-refractivity contribution >= 4 is 23.3 Å². The Labute approximate surface area is 134 Å². The van der Waals surface area contributed by atoms with Crippen molar-refractivity contribution in [1.29, 1.82) is 0 Å². The van der Waals surface area contributed by atoms with Gasteiger partial charge < -0.3 is 14.2 Å². The molecule has 1 unspecified atom stereocenters. The van der Waals surface area contributed by atoms with E-state index in [4.69, 9.17) is 14.2 Å². The Hall–Kier alpha value is -1.37. The van der Waals surface area contributed by atoms with Crippen LogP contribution in [0.2, 0.25) is 0 Å². The molecule has 0 amide bonds. The molecule has 1 saturated heterocycles. The van der Waals surface area contributed by atoms with E-state index in [1.807, 2.05) is 44.2 Å². The first-order valence-corrected chi connectivity index (χ1v) is 8.07. The lowest BCUT2D eigenvalue weighted by atomic mass is 9.99. The third-order valence-electron chi connectivity index (χ3n) is 3.77. The van der Waals surface area contributed by atoms with Gasteiger partial charge in [0.25, 0.3) is 0 Å². The van der Waals surface area contributed by atoms with Crippen molar-refractivity contribution < 1.29 is 19.0 Å². The summed E-state index contributed by atoms with van der Waals surface area (Å²) in [6, 6.07) is 9.02. The van der Waals surface area contributed by atoms with Gasteiger partial charge in [-0.1, -0.05) is 30.3 Å². The molecule has 5 nitrogen and oxygen atoms in total. The minimum atomic E-state index is -0.618. The average Bonchev–Trinajstić information content (AvgIpc) is 2.93. The Morgan fingerprint density at radius 1 is 1.32 bits per heavy atom. The quantitative estimate of drug-likeness (QED) is 0.800. The van der Waals surface area contributed by atoms with E-state index in [0.29, 0.717) is 13.2 Å². The zero-order valence-electron chi connectivity index (χ0n) is 12.7. The fourth-order valence-electron chi connectivity index (χ4n) is 2.38. The van der Waals surface area contributed by atoms with Gasteiger partial charge in [-0.15, -0.1) is 11.8 Å².